The number of rotatable bonds is 56. The predicted octanol–water partition coefficient (Wildman–Crippen LogP) is 18.3. The molecule has 0 aliphatic rings. The molecule has 0 heterocycles. The van der Waals surface area contributed by atoms with Crippen molar-refractivity contribution in [2.75, 3.05) is 26.4 Å². The Labute approximate surface area is 464 Å². The highest BCUT2D eigenvalue weighted by atomic mass is 31.2. The molecule has 0 aromatic carbocycles. The number of allylic oxidation sites excluding steroid dienone is 14. The number of aliphatic hydroxyl groups excluding tert-OH is 1. The summed E-state index contributed by atoms with van der Waals surface area (Å²) in [6.45, 7) is 4.38. The molecular weight excluding hydrogens is 976 g/mol. The fourth-order valence-corrected chi connectivity index (χ4v) is 9.03. The van der Waals surface area contributed by atoms with Crippen molar-refractivity contribution in [3.8, 4) is 0 Å². The molecule has 0 aliphatic heterocycles. The Morgan fingerprint density at radius 3 is 1.07 bits per heavy atom. The van der Waals surface area contributed by atoms with Crippen LogP contribution in [-0.2, 0) is 42.2 Å². The monoisotopic (exact) mass is 1090 g/mol. The van der Waals surface area contributed by atoms with Crippen molar-refractivity contribution in [2.45, 2.75) is 277 Å². The summed E-state index contributed by atoms with van der Waals surface area (Å²) in [6, 6.07) is 0. The first-order chi connectivity index (χ1) is 37.2. The molecule has 0 saturated heterocycles. The summed E-state index contributed by atoms with van der Waals surface area (Å²) in [5.74, 6) is -1.52. The number of aliphatic hydroxyl groups is 1. The van der Waals surface area contributed by atoms with Crippen LogP contribution in [0.1, 0.15) is 265 Å². The number of ether oxygens (including phenoxy) is 3. The van der Waals surface area contributed by atoms with Gasteiger partial charge in [0.05, 0.1) is 19.8 Å². The standard InChI is InChI=1S/C64H111O11P/c1-4-7-10-13-16-19-22-25-27-29-30-32-34-37-40-43-46-49-52-55-64(68)75-61(57-71-62(66)53-50-47-44-41-38-36-33-31-28-26-23-20-17-14-11-8-5-2)59-73-76(69,70)72-58-60(56-65)74-63(67)54-51-48-45-42-39-35-24-21-18-15-12-9-6-3/h8-9,11-12,17-18,20-21,26,28,33,35-36,39,60-61,65H,4-7,10,13-16,19,22-25,27,29-32,34,37-38,40-59H2,1-3H3,(H,69,70)/b11-8-,12-9-,20-17-,21-18-,28-26-,36-33-,39-35-. The highest BCUT2D eigenvalue weighted by Crippen LogP contribution is 2.43. The second-order valence-electron chi connectivity index (χ2n) is 20.1. The minimum atomic E-state index is -4.76. The van der Waals surface area contributed by atoms with Crippen molar-refractivity contribution in [2.24, 2.45) is 0 Å². The van der Waals surface area contributed by atoms with Crippen molar-refractivity contribution in [1.82, 2.24) is 0 Å². The van der Waals surface area contributed by atoms with E-state index in [2.05, 4.69) is 106 Å². The van der Waals surface area contributed by atoms with Gasteiger partial charge in [0.1, 0.15) is 12.7 Å². The first-order valence-electron chi connectivity index (χ1n) is 30.5. The lowest BCUT2D eigenvalue weighted by molar-refractivity contribution is -0.161. The molecule has 0 aromatic rings. The third-order valence-corrected chi connectivity index (χ3v) is 13.8. The number of hydrogen-bond donors (Lipinski definition) is 2. The van der Waals surface area contributed by atoms with Crippen LogP contribution in [0.4, 0.5) is 0 Å². The van der Waals surface area contributed by atoms with Crippen LogP contribution in [0.5, 0.6) is 0 Å². The number of esters is 3. The number of phosphoric acid groups is 1. The van der Waals surface area contributed by atoms with Crippen molar-refractivity contribution < 1.29 is 52.2 Å². The lowest BCUT2D eigenvalue weighted by Crippen LogP contribution is -2.30. The number of hydrogen-bond acceptors (Lipinski definition) is 10. The average molecular weight is 1090 g/mol. The van der Waals surface area contributed by atoms with Crippen molar-refractivity contribution in [1.29, 1.82) is 0 Å². The molecule has 0 rings (SSSR count). The van der Waals surface area contributed by atoms with Crippen LogP contribution in [0.2, 0.25) is 0 Å². The second-order valence-corrected chi connectivity index (χ2v) is 21.6. The summed E-state index contributed by atoms with van der Waals surface area (Å²) in [7, 11) is -4.76. The van der Waals surface area contributed by atoms with E-state index in [0.717, 1.165) is 109 Å². The summed E-state index contributed by atoms with van der Waals surface area (Å²) < 4.78 is 39.6. The van der Waals surface area contributed by atoms with E-state index in [0.29, 0.717) is 19.3 Å². The fraction of sp³-hybridized carbons (Fsp3) is 0.734. The third-order valence-electron chi connectivity index (χ3n) is 12.8. The van der Waals surface area contributed by atoms with Gasteiger partial charge in [0.25, 0.3) is 0 Å². The van der Waals surface area contributed by atoms with Crippen molar-refractivity contribution in [3.05, 3.63) is 85.1 Å². The third kappa shape index (κ3) is 55.4. The molecular formula is C64H111O11P. The van der Waals surface area contributed by atoms with E-state index in [-0.39, 0.29) is 25.9 Å². The van der Waals surface area contributed by atoms with E-state index in [1.165, 1.54) is 96.3 Å². The van der Waals surface area contributed by atoms with E-state index in [1.807, 2.05) is 0 Å². The molecule has 0 radical (unpaired) electrons. The van der Waals surface area contributed by atoms with Crippen LogP contribution in [0, 0.1) is 0 Å². The van der Waals surface area contributed by atoms with E-state index in [9.17, 15) is 28.9 Å². The molecule has 0 bridgehead atoms. The molecule has 3 atom stereocenters. The van der Waals surface area contributed by atoms with Crippen LogP contribution in [0.3, 0.4) is 0 Å². The van der Waals surface area contributed by atoms with Crippen LogP contribution >= 0.6 is 7.82 Å². The zero-order valence-electron chi connectivity index (χ0n) is 48.5. The number of unbranched alkanes of at least 4 members (excludes halogenated alkanes) is 25. The maximum atomic E-state index is 12.9. The average Bonchev–Trinajstić information content (AvgIpc) is 3.41. The lowest BCUT2D eigenvalue weighted by atomic mass is 10.0. The molecule has 12 heteroatoms. The Hall–Kier alpha value is -3.34. The minimum absolute atomic E-state index is 0.138. The fourth-order valence-electron chi connectivity index (χ4n) is 8.25. The molecule has 0 spiro atoms. The Bertz CT molecular complexity index is 1600. The molecule has 3 unspecified atom stereocenters. The molecule has 0 amide bonds. The second kappa shape index (κ2) is 57.8. The Kier molecular flexibility index (Phi) is 55.3. The van der Waals surface area contributed by atoms with E-state index in [1.54, 1.807) is 0 Å². The van der Waals surface area contributed by atoms with Crippen molar-refractivity contribution in [3.63, 3.8) is 0 Å². The maximum Gasteiger partial charge on any atom is 0.472 e. The van der Waals surface area contributed by atoms with Crippen LogP contribution in [0.25, 0.3) is 0 Å². The van der Waals surface area contributed by atoms with Crippen LogP contribution in [-0.4, -0.2) is 66.5 Å². The molecule has 0 saturated carbocycles. The number of phosphoric ester groups is 1. The summed E-state index contributed by atoms with van der Waals surface area (Å²) in [5, 5.41) is 9.81. The molecule has 76 heavy (non-hydrogen) atoms. The van der Waals surface area contributed by atoms with Gasteiger partial charge in [-0.1, -0.05) is 241 Å². The Morgan fingerprint density at radius 1 is 0.382 bits per heavy atom. The Balaban J connectivity index is 4.76. The normalized spacial score (nSPS) is 13.9. The molecule has 2 N–H and O–H groups in total. The van der Waals surface area contributed by atoms with Crippen molar-refractivity contribution >= 4 is 25.7 Å². The Morgan fingerprint density at radius 2 is 0.684 bits per heavy atom. The smallest absolute Gasteiger partial charge is 0.462 e. The van der Waals surface area contributed by atoms with Gasteiger partial charge in [0, 0.05) is 19.3 Å². The van der Waals surface area contributed by atoms with E-state index in [4.69, 9.17) is 23.3 Å². The minimum Gasteiger partial charge on any atom is -0.462 e. The molecule has 0 aromatic heterocycles. The first-order valence-corrected chi connectivity index (χ1v) is 32.0. The molecule has 0 aliphatic carbocycles. The largest absolute Gasteiger partial charge is 0.472 e. The van der Waals surface area contributed by atoms with Crippen LogP contribution in [0.15, 0.2) is 85.1 Å². The highest BCUT2D eigenvalue weighted by Gasteiger charge is 2.28. The molecule has 0 fully saturated rings. The van der Waals surface area contributed by atoms with Gasteiger partial charge in [-0.05, 0) is 89.9 Å². The topological polar surface area (TPSA) is 155 Å². The zero-order valence-corrected chi connectivity index (χ0v) is 49.3. The quantitative estimate of drug-likeness (QED) is 0.0197. The molecule has 11 nitrogen and oxygen atoms in total. The lowest BCUT2D eigenvalue weighted by Gasteiger charge is -2.21. The number of carbonyl (C=O) groups is 3. The summed E-state index contributed by atoms with van der Waals surface area (Å²) in [5.41, 5.74) is 0. The molecule has 438 valence electrons. The van der Waals surface area contributed by atoms with Gasteiger partial charge in [-0.2, -0.15) is 0 Å². The van der Waals surface area contributed by atoms with Gasteiger partial charge in [0.15, 0.2) is 6.10 Å². The zero-order chi connectivity index (χ0) is 55.5. The maximum absolute atomic E-state index is 12.9. The first kappa shape index (κ1) is 72.7. The van der Waals surface area contributed by atoms with E-state index < -0.39 is 57.8 Å². The number of carbonyl (C=O) groups excluding carboxylic acids is 3. The van der Waals surface area contributed by atoms with Gasteiger partial charge in [-0.3, -0.25) is 23.4 Å². The predicted molar refractivity (Wildman–Crippen MR) is 316 cm³/mol. The van der Waals surface area contributed by atoms with Gasteiger partial charge in [-0.15, -0.1) is 0 Å². The summed E-state index contributed by atoms with van der Waals surface area (Å²) in [6.07, 6.45) is 66.9. The highest BCUT2D eigenvalue weighted by molar-refractivity contribution is 7.47. The van der Waals surface area contributed by atoms with Gasteiger partial charge < -0.3 is 24.2 Å². The van der Waals surface area contributed by atoms with Gasteiger partial charge in [0.2, 0.25) is 0 Å². The SMILES string of the molecule is CC/C=C\C/C=C\C/C=C\C/C=C\CCCCCCC(=O)OCC(COP(=O)(O)OCC(CO)OC(=O)CCCCC/C=C\C/C=C\C/C=C\CC)OC(=O)CCCCCCCCCCCCCCCCCCCCC. The summed E-state index contributed by atoms with van der Waals surface area (Å²) in [4.78, 5) is 48.6. The van der Waals surface area contributed by atoms with Gasteiger partial charge in [-0.25, -0.2) is 4.57 Å². The van der Waals surface area contributed by atoms with Crippen LogP contribution < -0.4 is 0 Å². The van der Waals surface area contributed by atoms with E-state index >= 15 is 0 Å². The van der Waals surface area contributed by atoms with Gasteiger partial charge >= 0.3 is 25.7 Å². The summed E-state index contributed by atoms with van der Waals surface area (Å²) >= 11 is 0.